The molecule has 0 bridgehead atoms. The molecular weight excluding hydrogens is 518 g/mol. The molecule has 11 nitrogen and oxygen atoms in total. The van der Waals surface area contributed by atoms with Crippen molar-refractivity contribution in [2.75, 3.05) is 25.1 Å². The van der Waals surface area contributed by atoms with Gasteiger partial charge < -0.3 is 24.5 Å². The van der Waals surface area contributed by atoms with Gasteiger partial charge in [0.15, 0.2) is 6.10 Å². The van der Waals surface area contributed by atoms with Crippen LogP contribution in [0.5, 0.6) is 0 Å². The van der Waals surface area contributed by atoms with Crippen molar-refractivity contribution in [3.63, 3.8) is 0 Å². The largest absolute Gasteiger partial charge is 0.441 e. The fourth-order valence-corrected chi connectivity index (χ4v) is 6.90. The normalized spacial score (nSPS) is 20.2. The molecule has 198 valence electrons. The summed E-state index contributed by atoms with van der Waals surface area (Å²) < 4.78 is 44.2. The first-order chi connectivity index (χ1) is 17.9. The number of sulfonamides is 1. The van der Waals surface area contributed by atoms with Crippen molar-refractivity contribution in [2.45, 2.75) is 55.6 Å². The molecule has 3 aromatic rings. The standard InChI is InChI=1S/C24H29N5O6S2/c1-2-27-37(31,32)21-11-17(28-23-25-9-10-34-23)7-8-19(21)20-12-26-22(36-20)15-3-5-16(6-4-15)29-24(30)35-18-13-33-14-18/h7-12,15-16,18,27H,2-6,13-14H2,1H3,(H,25,28)(H,29,30). The van der Waals surface area contributed by atoms with Crippen LogP contribution in [0.25, 0.3) is 10.4 Å². The van der Waals surface area contributed by atoms with Gasteiger partial charge >= 0.3 is 6.09 Å². The van der Waals surface area contributed by atoms with Gasteiger partial charge in [-0.15, -0.1) is 11.3 Å². The van der Waals surface area contributed by atoms with Gasteiger partial charge in [0, 0.05) is 36.0 Å². The zero-order valence-electron chi connectivity index (χ0n) is 20.3. The number of ether oxygens (including phenoxy) is 2. The van der Waals surface area contributed by atoms with E-state index < -0.39 is 10.0 Å². The van der Waals surface area contributed by atoms with E-state index in [2.05, 4.69) is 25.3 Å². The number of nitrogens with zero attached hydrogens (tertiary/aromatic N) is 2. The van der Waals surface area contributed by atoms with Crippen molar-refractivity contribution in [3.8, 4) is 10.4 Å². The first-order valence-electron chi connectivity index (χ1n) is 12.2. The quantitative estimate of drug-likeness (QED) is 0.362. The van der Waals surface area contributed by atoms with Crippen LogP contribution in [-0.4, -0.2) is 56.4 Å². The Balaban J connectivity index is 1.28. The molecule has 13 heteroatoms. The third-order valence-corrected chi connectivity index (χ3v) is 9.14. The highest BCUT2D eigenvalue weighted by atomic mass is 32.2. The number of rotatable bonds is 9. The molecule has 2 aromatic heterocycles. The average Bonchev–Trinajstić information content (AvgIpc) is 3.55. The summed E-state index contributed by atoms with van der Waals surface area (Å²) in [7, 11) is -3.75. The summed E-state index contributed by atoms with van der Waals surface area (Å²) in [5.41, 5.74) is 1.13. The third kappa shape index (κ3) is 6.12. The Hall–Kier alpha value is -3.00. The summed E-state index contributed by atoms with van der Waals surface area (Å²) in [5, 5.41) is 6.90. The molecule has 3 N–H and O–H groups in total. The highest BCUT2D eigenvalue weighted by Gasteiger charge is 2.29. The summed E-state index contributed by atoms with van der Waals surface area (Å²) in [6, 6.07) is 5.48. The van der Waals surface area contributed by atoms with Crippen molar-refractivity contribution in [1.29, 1.82) is 0 Å². The Morgan fingerprint density at radius 1 is 1.19 bits per heavy atom. The number of carbonyl (C=O) groups excluding carboxylic acids is 1. The second-order valence-corrected chi connectivity index (χ2v) is 11.8. The third-order valence-electron chi connectivity index (χ3n) is 6.36. The number of amides is 1. The highest BCUT2D eigenvalue weighted by Crippen LogP contribution is 2.40. The molecule has 0 atom stereocenters. The second-order valence-electron chi connectivity index (χ2n) is 8.99. The Labute approximate surface area is 219 Å². The lowest BCUT2D eigenvalue weighted by atomic mass is 9.86. The summed E-state index contributed by atoms with van der Waals surface area (Å²) >= 11 is 1.51. The van der Waals surface area contributed by atoms with Crippen LogP contribution in [0.2, 0.25) is 0 Å². The van der Waals surface area contributed by atoms with E-state index in [4.69, 9.17) is 13.9 Å². The molecule has 2 fully saturated rings. The number of hydrogen-bond donors (Lipinski definition) is 3. The van der Waals surface area contributed by atoms with Crippen LogP contribution in [-0.2, 0) is 19.5 Å². The number of carbonyl (C=O) groups is 1. The minimum atomic E-state index is -3.75. The fraction of sp³-hybridized carbons (Fsp3) is 0.458. The van der Waals surface area contributed by atoms with E-state index in [1.165, 1.54) is 23.8 Å². The Kier molecular flexibility index (Phi) is 7.74. The van der Waals surface area contributed by atoms with E-state index in [9.17, 15) is 13.2 Å². The SMILES string of the molecule is CCNS(=O)(=O)c1cc(Nc2ncco2)ccc1-c1cnc(C2CCC(NC(=O)OC3COC3)CC2)s1. The first kappa shape index (κ1) is 25.6. The van der Waals surface area contributed by atoms with Crippen LogP contribution in [0.1, 0.15) is 43.5 Å². The molecule has 3 heterocycles. The van der Waals surface area contributed by atoms with E-state index in [0.29, 0.717) is 24.5 Å². The minimum Gasteiger partial charge on any atom is -0.441 e. The van der Waals surface area contributed by atoms with Gasteiger partial charge in [0.05, 0.1) is 34.2 Å². The molecule has 37 heavy (non-hydrogen) atoms. The number of oxazole rings is 1. The van der Waals surface area contributed by atoms with E-state index >= 15 is 0 Å². The van der Waals surface area contributed by atoms with E-state index in [1.807, 2.05) is 0 Å². The highest BCUT2D eigenvalue weighted by molar-refractivity contribution is 7.89. The van der Waals surface area contributed by atoms with Crippen molar-refractivity contribution < 1.29 is 27.1 Å². The molecule has 1 aliphatic carbocycles. The molecule has 0 radical (unpaired) electrons. The summed E-state index contributed by atoms with van der Waals surface area (Å²) in [6.45, 7) is 2.94. The van der Waals surface area contributed by atoms with Crippen LogP contribution in [0, 0.1) is 0 Å². The maximum atomic E-state index is 13.1. The predicted octanol–water partition coefficient (Wildman–Crippen LogP) is 3.99. The van der Waals surface area contributed by atoms with Gasteiger partial charge in [-0.1, -0.05) is 13.0 Å². The Morgan fingerprint density at radius 2 is 2.00 bits per heavy atom. The Bertz CT molecular complexity index is 1320. The fourth-order valence-electron chi connectivity index (χ4n) is 4.42. The van der Waals surface area contributed by atoms with Gasteiger partial charge in [-0.25, -0.2) is 27.9 Å². The van der Waals surface area contributed by atoms with Crippen molar-refractivity contribution in [1.82, 2.24) is 20.0 Å². The molecule has 5 rings (SSSR count). The number of alkyl carbamates (subject to hydrolysis) is 1. The van der Waals surface area contributed by atoms with Crippen LogP contribution >= 0.6 is 11.3 Å². The smallest absolute Gasteiger partial charge is 0.407 e. The van der Waals surface area contributed by atoms with E-state index in [0.717, 1.165) is 35.6 Å². The van der Waals surface area contributed by atoms with E-state index in [-0.39, 0.29) is 41.6 Å². The number of nitrogens with one attached hydrogen (secondary N) is 3. The minimum absolute atomic E-state index is 0.0738. The molecule has 1 aliphatic heterocycles. The van der Waals surface area contributed by atoms with Crippen molar-refractivity contribution in [3.05, 3.63) is 41.9 Å². The van der Waals surface area contributed by atoms with Gasteiger partial charge in [0.2, 0.25) is 10.0 Å². The maximum absolute atomic E-state index is 13.1. The number of hydrogen-bond acceptors (Lipinski definition) is 10. The first-order valence-corrected chi connectivity index (χ1v) is 14.5. The van der Waals surface area contributed by atoms with Gasteiger partial charge in [0.25, 0.3) is 6.01 Å². The van der Waals surface area contributed by atoms with Gasteiger partial charge in [-0.05, 0) is 37.8 Å². The molecule has 0 spiro atoms. The lowest BCUT2D eigenvalue weighted by molar-refractivity contribution is -0.0985. The van der Waals surface area contributed by atoms with E-state index in [1.54, 1.807) is 31.3 Å². The average molecular weight is 548 g/mol. The van der Waals surface area contributed by atoms with Gasteiger partial charge in [-0.2, -0.15) is 0 Å². The monoisotopic (exact) mass is 547 g/mol. The molecule has 0 unspecified atom stereocenters. The second kappa shape index (κ2) is 11.2. The zero-order chi connectivity index (χ0) is 25.8. The molecule has 1 aromatic carbocycles. The van der Waals surface area contributed by atoms with Crippen LogP contribution in [0.3, 0.4) is 0 Å². The zero-order valence-corrected chi connectivity index (χ0v) is 21.9. The number of anilines is 2. The Morgan fingerprint density at radius 3 is 2.68 bits per heavy atom. The maximum Gasteiger partial charge on any atom is 0.407 e. The molecule has 1 saturated heterocycles. The summed E-state index contributed by atoms with van der Waals surface area (Å²) in [6.07, 6.45) is 7.58. The molecule has 1 amide bonds. The van der Waals surface area contributed by atoms with Crippen LogP contribution < -0.4 is 15.4 Å². The summed E-state index contributed by atoms with van der Waals surface area (Å²) in [4.78, 5) is 21.6. The molecule has 2 aliphatic rings. The van der Waals surface area contributed by atoms with Gasteiger partial charge in [0.1, 0.15) is 6.26 Å². The number of thiazole rings is 1. The molecular formula is C24H29N5O6S2. The number of aromatic nitrogens is 2. The topological polar surface area (TPSA) is 145 Å². The lowest BCUT2D eigenvalue weighted by Crippen LogP contribution is -2.44. The van der Waals surface area contributed by atoms with Crippen molar-refractivity contribution in [2.24, 2.45) is 0 Å². The van der Waals surface area contributed by atoms with Crippen molar-refractivity contribution >= 4 is 39.2 Å². The van der Waals surface area contributed by atoms with Crippen LogP contribution in [0.15, 0.2) is 46.2 Å². The lowest BCUT2D eigenvalue weighted by Gasteiger charge is -2.30. The molecule has 1 saturated carbocycles. The summed E-state index contributed by atoms with van der Waals surface area (Å²) in [5.74, 6) is 0.257. The predicted molar refractivity (Wildman–Crippen MR) is 137 cm³/mol. The van der Waals surface area contributed by atoms with Gasteiger partial charge in [-0.3, -0.25) is 0 Å². The van der Waals surface area contributed by atoms with Crippen LogP contribution in [0.4, 0.5) is 16.5 Å². The number of benzene rings is 1.